The van der Waals surface area contributed by atoms with Gasteiger partial charge in [0.1, 0.15) is 0 Å². The first-order chi connectivity index (χ1) is 7.63. The van der Waals surface area contributed by atoms with Crippen LogP contribution in [0, 0.1) is 0 Å². The van der Waals surface area contributed by atoms with Gasteiger partial charge in [-0.15, -0.1) is 11.6 Å². The smallest absolute Gasteiger partial charge is 0.319 e. The standard InChI is InChI=1S/C12H17ClN2O/c1-9(2)10-3-5-11(6-4-10)15-12(16)14-8-7-13/h3-6,9H,7-8H2,1-2H3,(H2,14,15,16). The van der Waals surface area contributed by atoms with Gasteiger partial charge in [-0.2, -0.15) is 0 Å². The third-order valence-corrected chi connectivity index (χ3v) is 2.40. The van der Waals surface area contributed by atoms with E-state index < -0.39 is 0 Å². The number of hydrogen-bond acceptors (Lipinski definition) is 1. The second-order valence-electron chi connectivity index (χ2n) is 3.85. The molecule has 1 aromatic carbocycles. The third-order valence-electron chi connectivity index (χ3n) is 2.22. The molecule has 3 nitrogen and oxygen atoms in total. The molecular weight excluding hydrogens is 224 g/mol. The SMILES string of the molecule is CC(C)c1ccc(NC(=O)NCCCl)cc1. The van der Waals surface area contributed by atoms with E-state index in [0.717, 1.165) is 5.69 Å². The summed E-state index contributed by atoms with van der Waals surface area (Å²) in [4.78, 5) is 11.3. The Kier molecular flexibility index (Phi) is 5.12. The maximum Gasteiger partial charge on any atom is 0.319 e. The van der Waals surface area contributed by atoms with Crippen LogP contribution in [0.5, 0.6) is 0 Å². The van der Waals surface area contributed by atoms with E-state index in [0.29, 0.717) is 18.3 Å². The number of halogens is 1. The van der Waals surface area contributed by atoms with Crippen LogP contribution in [-0.4, -0.2) is 18.5 Å². The average Bonchev–Trinajstić information content (AvgIpc) is 2.27. The molecule has 2 N–H and O–H groups in total. The first-order valence-corrected chi connectivity index (χ1v) is 5.87. The lowest BCUT2D eigenvalue weighted by atomic mass is 10.0. The van der Waals surface area contributed by atoms with E-state index in [-0.39, 0.29) is 6.03 Å². The van der Waals surface area contributed by atoms with E-state index in [9.17, 15) is 4.79 Å². The maximum absolute atomic E-state index is 11.3. The summed E-state index contributed by atoms with van der Waals surface area (Å²) in [5.41, 5.74) is 2.04. The quantitative estimate of drug-likeness (QED) is 0.780. The number of carbonyl (C=O) groups is 1. The lowest BCUT2D eigenvalue weighted by Gasteiger charge is -2.08. The molecule has 0 saturated carbocycles. The van der Waals surface area contributed by atoms with Crippen molar-refractivity contribution in [1.29, 1.82) is 0 Å². The van der Waals surface area contributed by atoms with Crippen molar-refractivity contribution in [1.82, 2.24) is 5.32 Å². The number of carbonyl (C=O) groups excluding carboxylic acids is 1. The Bertz CT molecular complexity index is 335. The predicted molar refractivity (Wildman–Crippen MR) is 68.3 cm³/mol. The fourth-order valence-corrected chi connectivity index (χ4v) is 1.38. The molecule has 1 aromatic rings. The van der Waals surface area contributed by atoms with Gasteiger partial charge >= 0.3 is 6.03 Å². The van der Waals surface area contributed by atoms with Crippen molar-refractivity contribution in [3.63, 3.8) is 0 Å². The molecular formula is C12H17ClN2O. The van der Waals surface area contributed by atoms with E-state index in [1.165, 1.54) is 5.56 Å². The number of benzene rings is 1. The molecule has 0 aliphatic rings. The van der Waals surface area contributed by atoms with Crippen LogP contribution in [0.4, 0.5) is 10.5 Å². The average molecular weight is 241 g/mol. The fourth-order valence-electron chi connectivity index (χ4n) is 1.29. The number of rotatable bonds is 4. The number of hydrogen-bond donors (Lipinski definition) is 2. The summed E-state index contributed by atoms with van der Waals surface area (Å²) in [5.74, 6) is 0.916. The van der Waals surface area contributed by atoms with Gasteiger partial charge in [0.2, 0.25) is 0 Å². The van der Waals surface area contributed by atoms with Crippen LogP contribution in [0.1, 0.15) is 25.3 Å². The molecule has 0 heterocycles. The highest BCUT2D eigenvalue weighted by atomic mass is 35.5. The molecule has 0 spiro atoms. The zero-order valence-electron chi connectivity index (χ0n) is 9.59. The summed E-state index contributed by atoms with van der Waals surface area (Å²) < 4.78 is 0. The van der Waals surface area contributed by atoms with Gasteiger partial charge in [0.05, 0.1) is 0 Å². The number of anilines is 1. The number of nitrogens with one attached hydrogen (secondary N) is 2. The highest BCUT2D eigenvalue weighted by Crippen LogP contribution is 2.16. The van der Waals surface area contributed by atoms with Gasteiger partial charge < -0.3 is 10.6 Å². The van der Waals surface area contributed by atoms with E-state index in [2.05, 4.69) is 24.5 Å². The van der Waals surface area contributed by atoms with Crippen molar-refractivity contribution < 1.29 is 4.79 Å². The Morgan fingerprint density at radius 3 is 2.44 bits per heavy atom. The van der Waals surface area contributed by atoms with Gasteiger partial charge in [-0.3, -0.25) is 0 Å². The minimum Gasteiger partial charge on any atom is -0.337 e. The van der Waals surface area contributed by atoms with Gasteiger partial charge in [0, 0.05) is 18.1 Å². The number of urea groups is 1. The molecule has 0 bridgehead atoms. The topological polar surface area (TPSA) is 41.1 Å². The molecule has 88 valence electrons. The zero-order chi connectivity index (χ0) is 12.0. The summed E-state index contributed by atoms with van der Waals surface area (Å²) in [6.45, 7) is 4.74. The van der Waals surface area contributed by atoms with Crippen LogP contribution < -0.4 is 10.6 Å². The van der Waals surface area contributed by atoms with E-state index in [1.807, 2.05) is 24.3 Å². The Labute approximate surface area is 101 Å². The lowest BCUT2D eigenvalue weighted by molar-refractivity contribution is 0.252. The normalized spacial score (nSPS) is 10.2. The van der Waals surface area contributed by atoms with Crippen LogP contribution in [0.15, 0.2) is 24.3 Å². The van der Waals surface area contributed by atoms with Crippen molar-refractivity contribution in [3.05, 3.63) is 29.8 Å². The summed E-state index contributed by atoms with van der Waals surface area (Å²) >= 11 is 5.46. The van der Waals surface area contributed by atoms with Crippen molar-refractivity contribution in [2.75, 3.05) is 17.7 Å². The van der Waals surface area contributed by atoms with Gasteiger partial charge in [-0.05, 0) is 23.6 Å². The van der Waals surface area contributed by atoms with Crippen molar-refractivity contribution in [2.45, 2.75) is 19.8 Å². The first kappa shape index (κ1) is 12.8. The van der Waals surface area contributed by atoms with Crippen LogP contribution in [0.25, 0.3) is 0 Å². The molecule has 2 amide bonds. The highest BCUT2D eigenvalue weighted by Gasteiger charge is 2.02. The van der Waals surface area contributed by atoms with Gasteiger partial charge in [-0.25, -0.2) is 4.79 Å². The number of amides is 2. The van der Waals surface area contributed by atoms with Crippen LogP contribution >= 0.6 is 11.6 Å². The van der Waals surface area contributed by atoms with Crippen molar-refractivity contribution >= 4 is 23.3 Å². The summed E-state index contributed by atoms with van der Waals surface area (Å²) in [6, 6.07) is 7.60. The highest BCUT2D eigenvalue weighted by molar-refractivity contribution is 6.18. The minimum atomic E-state index is -0.224. The Morgan fingerprint density at radius 2 is 1.94 bits per heavy atom. The second-order valence-corrected chi connectivity index (χ2v) is 4.22. The van der Waals surface area contributed by atoms with Gasteiger partial charge in [0.15, 0.2) is 0 Å². The monoisotopic (exact) mass is 240 g/mol. The number of alkyl halides is 1. The van der Waals surface area contributed by atoms with E-state index >= 15 is 0 Å². The molecule has 0 aliphatic carbocycles. The van der Waals surface area contributed by atoms with E-state index in [1.54, 1.807) is 0 Å². The predicted octanol–water partition coefficient (Wildman–Crippen LogP) is 3.17. The Balaban J connectivity index is 2.51. The molecule has 0 fully saturated rings. The molecule has 0 atom stereocenters. The van der Waals surface area contributed by atoms with Crippen LogP contribution in [-0.2, 0) is 0 Å². The minimum absolute atomic E-state index is 0.224. The fraction of sp³-hybridized carbons (Fsp3) is 0.417. The Morgan fingerprint density at radius 1 is 1.31 bits per heavy atom. The summed E-state index contributed by atoms with van der Waals surface area (Å²) in [5, 5.41) is 5.37. The largest absolute Gasteiger partial charge is 0.337 e. The molecule has 0 saturated heterocycles. The van der Waals surface area contributed by atoms with Gasteiger partial charge in [-0.1, -0.05) is 26.0 Å². The second kappa shape index (κ2) is 6.38. The summed E-state index contributed by atoms with van der Waals surface area (Å²) in [7, 11) is 0. The summed E-state index contributed by atoms with van der Waals surface area (Å²) in [6.07, 6.45) is 0. The maximum atomic E-state index is 11.3. The molecule has 16 heavy (non-hydrogen) atoms. The van der Waals surface area contributed by atoms with E-state index in [4.69, 9.17) is 11.6 Å². The molecule has 1 rings (SSSR count). The van der Waals surface area contributed by atoms with Gasteiger partial charge in [0.25, 0.3) is 0 Å². The zero-order valence-corrected chi connectivity index (χ0v) is 10.3. The van der Waals surface area contributed by atoms with Crippen LogP contribution in [0.2, 0.25) is 0 Å². The third kappa shape index (κ3) is 4.11. The Hall–Kier alpha value is -1.22. The van der Waals surface area contributed by atoms with Crippen molar-refractivity contribution in [3.8, 4) is 0 Å². The van der Waals surface area contributed by atoms with Crippen molar-refractivity contribution in [2.24, 2.45) is 0 Å². The van der Waals surface area contributed by atoms with Crippen LogP contribution in [0.3, 0.4) is 0 Å². The molecule has 4 heteroatoms. The molecule has 0 aliphatic heterocycles. The molecule has 0 radical (unpaired) electrons. The lowest BCUT2D eigenvalue weighted by Crippen LogP contribution is -2.30. The molecule has 0 unspecified atom stereocenters. The first-order valence-electron chi connectivity index (χ1n) is 5.34. The molecule has 0 aromatic heterocycles.